The summed E-state index contributed by atoms with van der Waals surface area (Å²) in [5.74, 6) is 0. The molecule has 0 spiro atoms. The molecule has 0 unspecified atom stereocenters. The highest BCUT2D eigenvalue weighted by Gasteiger charge is 2.27. The Bertz CT molecular complexity index is 626. The smallest absolute Gasteiger partial charge is 0.0907 e. The molecule has 3 aliphatic rings. The Morgan fingerprint density at radius 1 is 1.00 bits per heavy atom. The molecule has 1 saturated carbocycles. The van der Waals surface area contributed by atoms with E-state index in [1.54, 1.807) is 0 Å². The first-order chi connectivity index (χ1) is 11.4. The first-order valence-corrected chi connectivity index (χ1v) is 9.33. The Morgan fingerprint density at radius 3 is 2.52 bits per heavy atom. The number of rotatable bonds is 3. The maximum Gasteiger partial charge on any atom is 0.0907 e. The maximum atomic E-state index is 4.99. The summed E-state index contributed by atoms with van der Waals surface area (Å²) in [5, 5.41) is 3.69. The van der Waals surface area contributed by atoms with Crippen molar-refractivity contribution in [2.45, 2.75) is 70.3 Å². The van der Waals surface area contributed by atoms with Crippen LogP contribution in [0.25, 0.3) is 0 Å². The van der Waals surface area contributed by atoms with Crippen molar-refractivity contribution in [1.82, 2.24) is 10.3 Å². The van der Waals surface area contributed by atoms with Crippen molar-refractivity contribution in [3.63, 3.8) is 0 Å². The minimum absolute atomic E-state index is 0.641. The number of aromatic nitrogens is 1. The van der Waals surface area contributed by atoms with Crippen molar-refractivity contribution < 1.29 is 0 Å². The largest absolute Gasteiger partial charge is 0.386 e. The summed E-state index contributed by atoms with van der Waals surface area (Å²) in [6, 6.07) is 4.84. The monoisotopic (exact) mass is 309 g/mol. The SMILES string of the molecule is C(/NC1CCCCCC1)=C1\N=C(c2ccc[nH]2)C2=C1CCCC2. The van der Waals surface area contributed by atoms with Crippen molar-refractivity contribution >= 4 is 5.71 Å². The molecule has 1 aliphatic heterocycles. The lowest BCUT2D eigenvalue weighted by atomic mass is 9.89. The minimum atomic E-state index is 0.641. The van der Waals surface area contributed by atoms with E-state index in [1.807, 2.05) is 6.20 Å². The number of nitrogens with zero attached hydrogens (tertiary/aromatic N) is 1. The minimum Gasteiger partial charge on any atom is -0.386 e. The van der Waals surface area contributed by atoms with Gasteiger partial charge in [0.15, 0.2) is 0 Å². The third-order valence-electron chi connectivity index (χ3n) is 5.46. The van der Waals surface area contributed by atoms with Crippen molar-refractivity contribution in [3.05, 3.63) is 47.1 Å². The van der Waals surface area contributed by atoms with Gasteiger partial charge in [-0.25, -0.2) is 4.99 Å². The molecule has 122 valence electrons. The van der Waals surface area contributed by atoms with Gasteiger partial charge in [-0.3, -0.25) is 0 Å². The fraction of sp³-hybridized carbons (Fsp3) is 0.550. The van der Waals surface area contributed by atoms with Gasteiger partial charge in [-0.15, -0.1) is 0 Å². The molecule has 2 N–H and O–H groups in total. The molecule has 3 heteroatoms. The lowest BCUT2D eigenvalue weighted by Gasteiger charge is -2.17. The first kappa shape index (κ1) is 14.8. The first-order valence-electron chi connectivity index (χ1n) is 9.33. The molecule has 0 saturated heterocycles. The summed E-state index contributed by atoms with van der Waals surface area (Å²) < 4.78 is 0. The zero-order valence-corrected chi connectivity index (χ0v) is 13.9. The molecule has 2 heterocycles. The third kappa shape index (κ3) is 3.15. The lowest BCUT2D eigenvalue weighted by Crippen LogP contribution is -2.23. The van der Waals surface area contributed by atoms with E-state index in [1.165, 1.54) is 86.8 Å². The zero-order chi connectivity index (χ0) is 15.5. The van der Waals surface area contributed by atoms with E-state index in [0.717, 1.165) is 5.69 Å². The van der Waals surface area contributed by atoms with Crippen LogP contribution >= 0.6 is 0 Å². The number of allylic oxidation sites excluding steroid dienone is 2. The summed E-state index contributed by atoms with van der Waals surface area (Å²) >= 11 is 0. The van der Waals surface area contributed by atoms with Crippen LogP contribution in [0.5, 0.6) is 0 Å². The normalized spacial score (nSPS) is 24.5. The van der Waals surface area contributed by atoms with Crippen LogP contribution in [-0.4, -0.2) is 16.7 Å². The number of hydrogen-bond acceptors (Lipinski definition) is 2. The Morgan fingerprint density at radius 2 is 1.78 bits per heavy atom. The van der Waals surface area contributed by atoms with Gasteiger partial charge in [0.2, 0.25) is 0 Å². The summed E-state index contributed by atoms with van der Waals surface area (Å²) in [6.07, 6.45) is 17.3. The van der Waals surface area contributed by atoms with Crippen LogP contribution in [-0.2, 0) is 0 Å². The predicted molar refractivity (Wildman–Crippen MR) is 95.5 cm³/mol. The van der Waals surface area contributed by atoms with Gasteiger partial charge in [-0.05, 0) is 61.8 Å². The molecule has 0 radical (unpaired) electrons. The molecule has 0 amide bonds. The predicted octanol–water partition coefficient (Wildman–Crippen LogP) is 4.84. The molecule has 1 fully saturated rings. The van der Waals surface area contributed by atoms with Gasteiger partial charge in [0.25, 0.3) is 0 Å². The van der Waals surface area contributed by atoms with Crippen LogP contribution in [0.1, 0.15) is 69.9 Å². The third-order valence-corrected chi connectivity index (χ3v) is 5.46. The number of nitrogens with one attached hydrogen (secondary N) is 2. The van der Waals surface area contributed by atoms with Gasteiger partial charge in [-0.2, -0.15) is 0 Å². The van der Waals surface area contributed by atoms with Crippen molar-refractivity contribution in [3.8, 4) is 0 Å². The van der Waals surface area contributed by atoms with Crippen molar-refractivity contribution in [1.29, 1.82) is 0 Å². The van der Waals surface area contributed by atoms with Gasteiger partial charge >= 0.3 is 0 Å². The Balaban J connectivity index is 1.57. The molecule has 3 nitrogen and oxygen atoms in total. The fourth-order valence-corrected chi connectivity index (χ4v) is 4.17. The second kappa shape index (κ2) is 6.77. The highest BCUT2D eigenvalue weighted by atomic mass is 14.9. The molecule has 0 bridgehead atoms. The van der Waals surface area contributed by atoms with Crippen LogP contribution in [0.2, 0.25) is 0 Å². The van der Waals surface area contributed by atoms with Gasteiger partial charge in [-0.1, -0.05) is 25.7 Å². The quantitative estimate of drug-likeness (QED) is 0.770. The van der Waals surface area contributed by atoms with Crippen LogP contribution in [0, 0.1) is 0 Å². The average Bonchev–Trinajstić information content (AvgIpc) is 3.15. The summed E-state index contributed by atoms with van der Waals surface area (Å²) in [7, 11) is 0. The molecule has 4 rings (SSSR count). The van der Waals surface area contributed by atoms with E-state index < -0.39 is 0 Å². The Labute approximate surface area is 139 Å². The van der Waals surface area contributed by atoms with E-state index in [9.17, 15) is 0 Å². The zero-order valence-electron chi connectivity index (χ0n) is 13.9. The molecule has 1 aromatic rings. The summed E-state index contributed by atoms with van der Waals surface area (Å²) in [6.45, 7) is 0. The number of H-pyrrole nitrogens is 1. The molecule has 1 aromatic heterocycles. The van der Waals surface area contributed by atoms with Crippen LogP contribution in [0.15, 0.2) is 46.4 Å². The van der Waals surface area contributed by atoms with Gasteiger partial charge in [0.1, 0.15) is 0 Å². The number of hydrogen-bond donors (Lipinski definition) is 2. The van der Waals surface area contributed by atoms with E-state index in [4.69, 9.17) is 4.99 Å². The summed E-state index contributed by atoms with van der Waals surface area (Å²) in [5.41, 5.74) is 6.50. The van der Waals surface area contributed by atoms with Crippen molar-refractivity contribution in [2.24, 2.45) is 4.99 Å². The molecule has 23 heavy (non-hydrogen) atoms. The van der Waals surface area contributed by atoms with E-state index in [-0.39, 0.29) is 0 Å². The lowest BCUT2D eigenvalue weighted by molar-refractivity contribution is 0.515. The summed E-state index contributed by atoms with van der Waals surface area (Å²) in [4.78, 5) is 8.33. The number of aliphatic imine (C=N–C) groups is 1. The Hall–Kier alpha value is -1.77. The molecule has 2 aliphatic carbocycles. The second-order valence-corrected chi connectivity index (χ2v) is 7.09. The van der Waals surface area contributed by atoms with Gasteiger partial charge in [0.05, 0.1) is 17.1 Å². The fourth-order valence-electron chi connectivity index (χ4n) is 4.17. The molecule has 0 atom stereocenters. The standard InChI is InChI=1S/C20H27N3/c1-2-4-9-15(8-3-1)22-14-19-16-10-5-6-11-17(16)20(23-19)18-12-7-13-21-18/h7,12-15,21-22H,1-6,8-11H2/b19-14+. The van der Waals surface area contributed by atoms with Crippen molar-refractivity contribution in [2.75, 3.05) is 0 Å². The molecular formula is C20H27N3. The van der Waals surface area contributed by atoms with Gasteiger partial charge in [0, 0.05) is 18.4 Å². The highest BCUT2D eigenvalue weighted by molar-refractivity contribution is 6.15. The second-order valence-electron chi connectivity index (χ2n) is 7.09. The van der Waals surface area contributed by atoms with E-state index in [0.29, 0.717) is 6.04 Å². The topological polar surface area (TPSA) is 40.2 Å². The number of aromatic amines is 1. The molecule has 0 aromatic carbocycles. The van der Waals surface area contributed by atoms with E-state index >= 15 is 0 Å². The Kier molecular flexibility index (Phi) is 4.36. The van der Waals surface area contributed by atoms with Crippen LogP contribution < -0.4 is 5.32 Å². The maximum absolute atomic E-state index is 4.99. The van der Waals surface area contributed by atoms with E-state index in [2.05, 4.69) is 28.6 Å². The average molecular weight is 309 g/mol. The molecular weight excluding hydrogens is 282 g/mol. The van der Waals surface area contributed by atoms with Gasteiger partial charge < -0.3 is 10.3 Å². The van der Waals surface area contributed by atoms with Crippen LogP contribution in [0.3, 0.4) is 0 Å². The van der Waals surface area contributed by atoms with Crippen LogP contribution in [0.4, 0.5) is 0 Å². The highest BCUT2D eigenvalue weighted by Crippen LogP contribution is 2.37.